The van der Waals surface area contributed by atoms with Crippen molar-refractivity contribution in [1.29, 1.82) is 0 Å². The number of allylic oxidation sites excluding steroid dienone is 2. The van der Waals surface area contributed by atoms with Gasteiger partial charge in [-0.1, -0.05) is 76.2 Å². The number of carbonyl (C=O) groups excluding carboxylic acids is 5. The van der Waals surface area contributed by atoms with Crippen LogP contribution >= 0.6 is 0 Å². The molecule has 290 valence electrons. The maximum Gasteiger partial charge on any atom is 0.305 e. The van der Waals surface area contributed by atoms with E-state index in [9.17, 15) is 29.1 Å². The van der Waals surface area contributed by atoms with Crippen LogP contribution in [0.4, 0.5) is 17.1 Å². The van der Waals surface area contributed by atoms with E-state index in [2.05, 4.69) is 16.0 Å². The quantitative estimate of drug-likeness (QED) is 0.108. The van der Waals surface area contributed by atoms with Gasteiger partial charge in [0.05, 0.1) is 22.2 Å². The number of carbonyl (C=O) groups is 5. The van der Waals surface area contributed by atoms with Crippen molar-refractivity contribution in [3.8, 4) is 0 Å². The number of aliphatic hydroxyl groups is 1. The highest BCUT2D eigenvalue weighted by Crippen LogP contribution is 2.47. The molecule has 2 heterocycles. The maximum absolute atomic E-state index is 14.5. The highest BCUT2D eigenvalue weighted by molar-refractivity contribution is 6.52. The first-order chi connectivity index (χ1) is 27.0. The third-order valence-electron chi connectivity index (χ3n) is 10.0. The number of nitrogens with zero attached hydrogens (tertiary/aromatic N) is 1. The minimum Gasteiger partial charge on any atom is -0.506 e. The van der Waals surface area contributed by atoms with E-state index in [1.54, 1.807) is 39.8 Å². The molecule has 4 aromatic rings. The zero-order chi connectivity index (χ0) is 39.8. The molecule has 4 N–H and O–H groups in total. The summed E-state index contributed by atoms with van der Waals surface area (Å²) in [5.74, 6) is -2.60. The minimum absolute atomic E-state index is 0.0249. The summed E-state index contributed by atoms with van der Waals surface area (Å²) in [5.41, 5.74) is -0.599. The summed E-state index contributed by atoms with van der Waals surface area (Å²) in [5, 5.41) is 25.7. The number of anilines is 3. The largest absolute Gasteiger partial charge is 0.506 e. The Balaban J connectivity index is 1.40. The van der Waals surface area contributed by atoms with Crippen LogP contribution < -0.4 is 26.5 Å². The molecule has 56 heavy (non-hydrogen) atoms. The van der Waals surface area contributed by atoms with Crippen LogP contribution in [0.2, 0.25) is 0 Å². The molecule has 0 saturated carbocycles. The molecular formula is C42H42N4O10. The normalized spacial score (nSPS) is 16.8. The number of rotatable bonds is 13. The predicted molar refractivity (Wildman–Crippen MR) is 208 cm³/mol. The molecule has 2 aliphatic heterocycles. The van der Waals surface area contributed by atoms with Gasteiger partial charge in [-0.3, -0.25) is 24.0 Å². The van der Waals surface area contributed by atoms with E-state index in [4.69, 9.17) is 23.9 Å². The monoisotopic (exact) mass is 762 g/mol. The van der Waals surface area contributed by atoms with Crippen molar-refractivity contribution in [2.75, 3.05) is 42.4 Å². The summed E-state index contributed by atoms with van der Waals surface area (Å²) in [7, 11) is 0. The highest BCUT2D eigenvalue weighted by atomic mass is 16.6. The first kappa shape index (κ1) is 37.9. The standard InChI is InChI=1S/C42H42N4O10/c1-5-29(47)53-19-41(20-54-30(48)6-2)43-27-13-9-11-23-15-17-25(37(45-41)33(23)27)35-39(51)36(40(35)52)26-18-16-24-12-10-14-28-34(24)38(26)46-42(44-28,21-55-31(49)7-3)22-56-32(50)8-4/h9-18,43-45,51H,5-8,19-22H2,1-4H3/b36-26-. The molecular weight excluding hydrogens is 720 g/mol. The smallest absolute Gasteiger partial charge is 0.305 e. The molecule has 7 rings (SSSR count). The Morgan fingerprint density at radius 1 is 0.625 bits per heavy atom. The average Bonchev–Trinajstić information content (AvgIpc) is 3.22. The lowest BCUT2D eigenvalue weighted by molar-refractivity contribution is -0.150. The molecule has 0 fully saturated rings. The van der Waals surface area contributed by atoms with Crippen molar-refractivity contribution < 1.29 is 48.0 Å². The molecule has 0 spiro atoms. The van der Waals surface area contributed by atoms with E-state index in [-0.39, 0.29) is 69.0 Å². The summed E-state index contributed by atoms with van der Waals surface area (Å²) in [6.07, 6.45) is 0.500. The number of aliphatic hydroxyl groups excluding tert-OH is 1. The third-order valence-corrected chi connectivity index (χ3v) is 10.0. The van der Waals surface area contributed by atoms with Crippen LogP contribution in [0.5, 0.6) is 0 Å². The Kier molecular flexibility index (Phi) is 10.1. The highest BCUT2D eigenvalue weighted by Gasteiger charge is 2.43. The Labute approximate surface area is 321 Å². The second kappa shape index (κ2) is 15.0. The molecule has 0 radical (unpaired) electrons. The van der Waals surface area contributed by atoms with Gasteiger partial charge in [-0.2, -0.15) is 0 Å². The Bertz CT molecular complexity index is 2450. The summed E-state index contributed by atoms with van der Waals surface area (Å²) in [6.45, 7) is 5.67. The van der Waals surface area contributed by atoms with Gasteiger partial charge in [-0.15, -0.1) is 0 Å². The fourth-order valence-corrected chi connectivity index (χ4v) is 7.11. The summed E-state index contributed by atoms with van der Waals surface area (Å²) >= 11 is 0. The van der Waals surface area contributed by atoms with Crippen molar-refractivity contribution in [2.45, 2.75) is 64.7 Å². The second-order valence-electron chi connectivity index (χ2n) is 13.8. The molecule has 0 unspecified atom stereocenters. The number of esters is 4. The number of nitrogens with one attached hydrogen (secondary N) is 3. The fourth-order valence-electron chi connectivity index (χ4n) is 7.11. The lowest BCUT2D eigenvalue weighted by atomic mass is 9.80. The zero-order valence-electron chi connectivity index (χ0n) is 31.5. The predicted octanol–water partition coefficient (Wildman–Crippen LogP) is 4.78. The topological polar surface area (TPSA) is 191 Å². The van der Waals surface area contributed by atoms with Crippen LogP contribution in [0.15, 0.2) is 71.4 Å². The number of hydrogen-bond acceptors (Lipinski definition) is 14. The van der Waals surface area contributed by atoms with Gasteiger partial charge in [0.15, 0.2) is 11.3 Å². The van der Waals surface area contributed by atoms with Crippen molar-refractivity contribution in [1.82, 2.24) is 0 Å². The number of benzene rings is 4. The number of Topliss-reactive ketones (excluding diaryl/α,β-unsaturated/α-hetero) is 1. The number of hydrogen-bond donors (Lipinski definition) is 4. The van der Waals surface area contributed by atoms with Gasteiger partial charge >= 0.3 is 23.9 Å². The van der Waals surface area contributed by atoms with E-state index in [1.165, 1.54) is 0 Å². The first-order valence-corrected chi connectivity index (χ1v) is 18.6. The summed E-state index contributed by atoms with van der Waals surface area (Å²) in [4.78, 5) is 68.9. The molecule has 1 aliphatic carbocycles. The Morgan fingerprint density at radius 3 is 1.70 bits per heavy atom. The lowest BCUT2D eigenvalue weighted by Gasteiger charge is -2.41. The van der Waals surface area contributed by atoms with Crippen LogP contribution in [0.25, 0.3) is 32.7 Å². The van der Waals surface area contributed by atoms with Crippen LogP contribution in [0.3, 0.4) is 0 Å². The van der Waals surface area contributed by atoms with Crippen LogP contribution in [-0.2, 0) is 42.9 Å². The Morgan fingerprint density at radius 2 is 1.14 bits per heavy atom. The van der Waals surface area contributed by atoms with E-state index < -0.39 is 41.0 Å². The maximum atomic E-state index is 14.5. The average molecular weight is 763 g/mol. The van der Waals surface area contributed by atoms with Gasteiger partial charge < -0.3 is 40.0 Å². The van der Waals surface area contributed by atoms with Crippen molar-refractivity contribution >= 4 is 79.4 Å². The van der Waals surface area contributed by atoms with Gasteiger partial charge in [-0.05, 0) is 22.9 Å². The molecule has 0 amide bonds. The lowest BCUT2D eigenvalue weighted by Crippen LogP contribution is -2.56. The van der Waals surface area contributed by atoms with E-state index in [0.29, 0.717) is 44.0 Å². The van der Waals surface area contributed by atoms with Crippen LogP contribution in [-0.4, -0.2) is 72.5 Å². The SMILES string of the molecule is CCC(=O)OCC1(COC(=O)CC)N=c2/c(=C3\C(=O)C(c4ccc5cccc6c5c4NC(COC(=O)CC)(COC(=O)CC)N6)=C3O)ccc3cccc(c23)N1. The zero-order valence-corrected chi connectivity index (χ0v) is 31.5. The van der Waals surface area contributed by atoms with E-state index >= 15 is 0 Å². The number of ether oxygens (including phenoxy) is 4. The molecule has 0 aromatic heterocycles. The molecule has 3 aliphatic rings. The van der Waals surface area contributed by atoms with Gasteiger partial charge in [0.2, 0.25) is 5.78 Å². The molecule has 14 heteroatoms. The fraction of sp³-hybridized carbons (Fsp3) is 0.333. The van der Waals surface area contributed by atoms with Gasteiger partial charge in [-0.25, -0.2) is 4.99 Å². The van der Waals surface area contributed by atoms with Gasteiger partial charge in [0.1, 0.15) is 32.2 Å². The van der Waals surface area contributed by atoms with Crippen LogP contribution in [0, 0.1) is 0 Å². The number of ketones is 1. The molecule has 4 aromatic carbocycles. The molecule has 0 bridgehead atoms. The van der Waals surface area contributed by atoms with Gasteiger partial charge in [0, 0.05) is 58.6 Å². The minimum atomic E-state index is -1.44. The van der Waals surface area contributed by atoms with Crippen molar-refractivity contribution in [2.24, 2.45) is 4.99 Å². The van der Waals surface area contributed by atoms with Gasteiger partial charge in [0.25, 0.3) is 0 Å². The molecule has 0 saturated heterocycles. The van der Waals surface area contributed by atoms with E-state index in [0.717, 1.165) is 10.8 Å². The van der Waals surface area contributed by atoms with Crippen molar-refractivity contribution in [3.63, 3.8) is 0 Å². The second-order valence-corrected chi connectivity index (χ2v) is 13.8. The molecule has 0 atom stereocenters. The van der Waals surface area contributed by atoms with Crippen LogP contribution in [0.1, 0.15) is 58.9 Å². The first-order valence-electron chi connectivity index (χ1n) is 18.6. The molecule has 14 nitrogen and oxygen atoms in total. The van der Waals surface area contributed by atoms with Crippen molar-refractivity contribution in [3.05, 3.63) is 82.6 Å². The third kappa shape index (κ3) is 6.75. The van der Waals surface area contributed by atoms with E-state index in [1.807, 2.05) is 48.5 Å². The summed E-state index contributed by atoms with van der Waals surface area (Å²) < 4.78 is 22.2. The summed E-state index contributed by atoms with van der Waals surface area (Å²) in [6, 6.07) is 18.2. The Hall–Kier alpha value is -6.44.